The van der Waals surface area contributed by atoms with Gasteiger partial charge in [0.2, 0.25) is 0 Å². The Hall–Kier alpha value is -2.43. The van der Waals surface area contributed by atoms with E-state index in [-0.39, 0.29) is 12.0 Å². The number of aromatic nitrogens is 3. The van der Waals surface area contributed by atoms with Crippen molar-refractivity contribution in [3.63, 3.8) is 0 Å². The SMILES string of the molecule is CCC(Nc1cccc(F)c1)n1nnc2ccccc21. The minimum absolute atomic E-state index is 0.0656. The van der Waals surface area contributed by atoms with E-state index in [0.717, 1.165) is 23.1 Å². The highest BCUT2D eigenvalue weighted by Crippen LogP contribution is 2.21. The molecule has 0 saturated heterocycles. The first-order valence-corrected chi connectivity index (χ1v) is 6.60. The molecule has 0 saturated carbocycles. The molecule has 1 N–H and O–H groups in total. The minimum atomic E-state index is -0.256. The summed E-state index contributed by atoms with van der Waals surface area (Å²) in [6.45, 7) is 2.05. The zero-order valence-corrected chi connectivity index (χ0v) is 11.1. The van der Waals surface area contributed by atoms with Gasteiger partial charge in [0.15, 0.2) is 0 Å². The summed E-state index contributed by atoms with van der Waals surface area (Å²) in [6.07, 6.45) is 0.744. The van der Waals surface area contributed by atoms with Gasteiger partial charge in [0.1, 0.15) is 17.5 Å². The molecule has 0 aliphatic heterocycles. The van der Waals surface area contributed by atoms with E-state index in [2.05, 4.69) is 15.6 Å². The molecule has 3 rings (SSSR count). The molecular weight excluding hydrogens is 255 g/mol. The minimum Gasteiger partial charge on any atom is -0.364 e. The summed E-state index contributed by atoms with van der Waals surface area (Å²) in [6, 6.07) is 14.2. The second-order valence-corrected chi connectivity index (χ2v) is 4.60. The predicted octanol–water partition coefficient (Wildman–Crippen LogP) is 3.59. The molecule has 1 unspecified atom stereocenters. The van der Waals surface area contributed by atoms with E-state index in [1.54, 1.807) is 6.07 Å². The smallest absolute Gasteiger partial charge is 0.125 e. The van der Waals surface area contributed by atoms with Gasteiger partial charge in [-0.25, -0.2) is 9.07 Å². The molecule has 1 aromatic heterocycles. The summed E-state index contributed by atoms with van der Waals surface area (Å²) >= 11 is 0. The maximum atomic E-state index is 13.2. The van der Waals surface area contributed by atoms with Crippen LogP contribution in [0.15, 0.2) is 48.5 Å². The number of halogens is 1. The van der Waals surface area contributed by atoms with Crippen molar-refractivity contribution >= 4 is 16.7 Å². The third-order valence-electron chi connectivity index (χ3n) is 3.22. The normalized spacial score (nSPS) is 12.5. The van der Waals surface area contributed by atoms with Crippen LogP contribution < -0.4 is 5.32 Å². The zero-order chi connectivity index (χ0) is 13.9. The lowest BCUT2D eigenvalue weighted by Crippen LogP contribution is -2.18. The third kappa shape index (κ3) is 2.34. The standard InChI is InChI=1S/C15H15FN4/c1-2-15(17-12-7-5-6-11(16)10-12)20-14-9-4-3-8-13(14)18-19-20/h3-10,15,17H,2H2,1H3. The van der Waals surface area contributed by atoms with Crippen LogP contribution >= 0.6 is 0 Å². The average molecular weight is 270 g/mol. The van der Waals surface area contributed by atoms with Gasteiger partial charge in [0.05, 0.1) is 5.52 Å². The summed E-state index contributed by atoms with van der Waals surface area (Å²) in [7, 11) is 0. The number of fused-ring (bicyclic) bond motifs is 1. The van der Waals surface area contributed by atoms with Gasteiger partial charge in [-0.15, -0.1) is 5.10 Å². The number of hydrogen-bond acceptors (Lipinski definition) is 3. The monoisotopic (exact) mass is 270 g/mol. The second-order valence-electron chi connectivity index (χ2n) is 4.60. The van der Waals surface area contributed by atoms with Crippen molar-refractivity contribution in [3.8, 4) is 0 Å². The predicted molar refractivity (Wildman–Crippen MR) is 76.9 cm³/mol. The molecule has 5 heteroatoms. The Kier molecular flexibility index (Phi) is 3.33. The van der Waals surface area contributed by atoms with Crippen molar-refractivity contribution in [2.45, 2.75) is 19.5 Å². The number of hydrogen-bond donors (Lipinski definition) is 1. The highest BCUT2D eigenvalue weighted by Gasteiger charge is 2.13. The summed E-state index contributed by atoms with van der Waals surface area (Å²) in [5.41, 5.74) is 2.55. The Labute approximate surface area is 116 Å². The Morgan fingerprint density at radius 1 is 1.20 bits per heavy atom. The van der Waals surface area contributed by atoms with Gasteiger partial charge in [-0.3, -0.25) is 0 Å². The van der Waals surface area contributed by atoms with Crippen molar-refractivity contribution in [2.75, 3.05) is 5.32 Å². The largest absolute Gasteiger partial charge is 0.364 e. The topological polar surface area (TPSA) is 42.7 Å². The lowest BCUT2D eigenvalue weighted by Gasteiger charge is -2.19. The summed E-state index contributed by atoms with van der Waals surface area (Å²) in [4.78, 5) is 0. The third-order valence-corrected chi connectivity index (χ3v) is 3.22. The number of nitrogens with one attached hydrogen (secondary N) is 1. The maximum absolute atomic E-state index is 13.2. The lowest BCUT2D eigenvalue weighted by molar-refractivity contribution is 0.489. The quantitative estimate of drug-likeness (QED) is 0.787. The van der Waals surface area contributed by atoms with Gasteiger partial charge in [-0.1, -0.05) is 30.3 Å². The highest BCUT2D eigenvalue weighted by atomic mass is 19.1. The van der Waals surface area contributed by atoms with Crippen LogP contribution in [0.25, 0.3) is 11.0 Å². The van der Waals surface area contributed by atoms with Crippen molar-refractivity contribution in [1.29, 1.82) is 0 Å². The molecule has 0 aliphatic rings. The maximum Gasteiger partial charge on any atom is 0.125 e. The van der Waals surface area contributed by atoms with Crippen LogP contribution in [-0.2, 0) is 0 Å². The average Bonchev–Trinajstić information content (AvgIpc) is 2.89. The van der Waals surface area contributed by atoms with Crippen molar-refractivity contribution < 1.29 is 4.39 Å². The number of nitrogens with zero attached hydrogens (tertiary/aromatic N) is 3. The van der Waals surface area contributed by atoms with Crippen LogP contribution in [0.1, 0.15) is 19.5 Å². The van der Waals surface area contributed by atoms with Crippen molar-refractivity contribution in [3.05, 3.63) is 54.3 Å². The van der Waals surface area contributed by atoms with Crippen LogP contribution in [0.4, 0.5) is 10.1 Å². The molecular formula is C15H15FN4. The molecule has 0 radical (unpaired) electrons. The summed E-state index contributed by atoms with van der Waals surface area (Å²) < 4.78 is 15.1. The molecule has 102 valence electrons. The zero-order valence-electron chi connectivity index (χ0n) is 11.1. The first-order valence-electron chi connectivity index (χ1n) is 6.60. The molecule has 2 aromatic carbocycles. The lowest BCUT2D eigenvalue weighted by atomic mass is 10.2. The van der Waals surface area contributed by atoms with Gasteiger partial charge in [-0.05, 0) is 36.8 Å². The Morgan fingerprint density at radius 3 is 2.85 bits per heavy atom. The fourth-order valence-electron chi connectivity index (χ4n) is 2.22. The molecule has 0 aliphatic carbocycles. The van der Waals surface area contributed by atoms with E-state index in [1.807, 2.05) is 41.9 Å². The Morgan fingerprint density at radius 2 is 2.05 bits per heavy atom. The summed E-state index contributed by atoms with van der Waals surface area (Å²) in [5.74, 6) is -0.256. The van der Waals surface area contributed by atoms with Crippen LogP contribution in [-0.4, -0.2) is 15.0 Å². The van der Waals surface area contributed by atoms with Crippen LogP contribution in [0.5, 0.6) is 0 Å². The molecule has 1 heterocycles. The number of rotatable bonds is 4. The van der Waals surface area contributed by atoms with Gasteiger partial charge < -0.3 is 5.32 Å². The van der Waals surface area contributed by atoms with Gasteiger partial charge >= 0.3 is 0 Å². The van der Waals surface area contributed by atoms with Gasteiger partial charge in [0.25, 0.3) is 0 Å². The van der Waals surface area contributed by atoms with Crippen LogP contribution in [0.3, 0.4) is 0 Å². The van der Waals surface area contributed by atoms with Gasteiger partial charge in [0, 0.05) is 5.69 Å². The fourth-order valence-corrected chi connectivity index (χ4v) is 2.22. The molecule has 20 heavy (non-hydrogen) atoms. The van der Waals surface area contributed by atoms with E-state index < -0.39 is 0 Å². The fraction of sp³-hybridized carbons (Fsp3) is 0.200. The van der Waals surface area contributed by atoms with Crippen molar-refractivity contribution in [2.24, 2.45) is 0 Å². The molecule has 0 spiro atoms. The van der Waals surface area contributed by atoms with E-state index in [4.69, 9.17) is 0 Å². The molecule has 0 amide bonds. The molecule has 1 atom stereocenters. The highest BCUT2D eigenvalue weighted by molar-refractivity contribution is 5.74. The Balaban J connectivity index is 1.93. The van der Waals surface area contributed by atoms with E-state index >= 15 is 0 Å². The van der Waals surface area contributed by atoms with E-state index in [0.29, 0.717) is 0 Å². The van der Waals surface area contributed by atoms with E-state index in [9.17, 15) is 4.39 Å². The Bertz CT molecular complexity index is 722. The van der Waals surface area contributed by atoms with Crippen LogP contribution in [0, 0.1) is 5.82 Å². The van der Waals surface area contributed by atoms with Crippen LogP contribution in [0.2, 0.25) is 0 Å². The second kappa shape index (κ2) is 5.28. The number of benzene rings is 2. The van der Waals surface area contributed by atoms with Crippen molar-refractivity contribution in [1.82, 2.24) is 15.0 Å². The summed E-state index contributed by atoms with van der Waals surface area (Å²) in [5, 5.41) is 11.6. The van der Waals surface area contributed by atoms with Gasteiger partial charge in [-0.2, -0.15) is 0 Å². The first-order chi connectivity index (χ1) is 9.78. The number of para-hydroxylation sites is 1. The number of anilines is 1. The van der Waals surface area contributed by atoms with E-state index in [1.165, 1.54) is 12.1 Å². The molecule has 0 fully saturated rings. The first kappa shape index (κ1) is 12.6. The molecule has 4 nitrogen and oxygen atoms in total. The molecule has 0 bridgehead atoms. The molecule has 3 aromatic rings.